The molecular formula is C14H18N2S3. The molecule has 5 heteroatoms. The highest BCUT2D eigenvalue weighted by atomic mass is 32.2. The average Bonchev–Trinajstić information content (AvgIpc) is 2.69. The summed E-state index contributed by atoms with van der Waals surface area (Å²) in [4.78, 5) is 6.88. The van der Waals surface area contributed by atoms with Crippen LogP contribution in [0.4, 0.5) is 0 Å². The molecule has 102 valence electrons. The fraction of sp³-hybridized carbons (Fsp3) is 0.429. The van der Waals surface area contributed by atoms with Crippen LogP contribution in [-0.4, -0.2) is 26.3 Å². The van der Waals surface area contributed by atoms with E-state index in [0.29, 0.717) is 12.1 Å². The average molecular weight is 311 g/mol. The number of benzene rings is 1. The normalized spacial score (nSPS) is 11.5. The zero-order valence-corrected chi connectivity index (χ0v) is 14.0. The molecule has 0 atom stereocenters. The van der Waals surface area contributed by atoms with Crippen LogP contribution in [0.5, 0.6) is 0 Å². The Bertz CT molecular complexity index is 534. The lowest BCUT2D eigenvalue weighted by molar-refractivity contribution is 0.303. The summed E-state index contributed by atoms with van der Waals surface area (Å²) in [5.41, 5.74) is 1.05. The van der Waals surface area contributed by atoms with Gasteiger partial charge in [-0.15, -0.1) is 11.3 Å². The van der Waals surface area contributed by atoms with Crippen molar-refractivity contribution in [2.75, 3.05) is 0 Å². The van der Waals surface area contributed by atoms with Crippen molar-refractivity contribution in [1.82, 2.24) is 9.88 Å². The number of hydrogen-bond acceptors (Lipinski definition) is 4. The highest BCUT2D eigenvalue weighted by molar-refractivity contribution is 8.23. The van der Waals surface area contributed by atoms with Gasteiger partial charge in [0.2, 0.25) is 0 Å². The van der Waals surface area contributed by atoms with Crippen LogP contribution in [0.3, 0.4) is 0 Å². The van der Waals surface area contributed by atoms with Gasteiger partial charge in [0.05, 0.1) is 10.2 Å². The van der Waals surface area contributed by atoms with Crippen molar-refractivity contribution in [3.63, 3.8) is 0 Å². The van der Waals surface area contributed by atoms with Crippen LogP contribution in [-0.2, 0) is 0 Å². The van der Waals surface area contributed by atoms with Crippen LogP contribution in [0, 0.1) is 0 Å². The highest BCUT2D eigenvalue weighted by Gasteiger charge is 2.19. The molecule has 2 rings (SSSR count). The second kappa shape index (κ2) is 6.20. The minimum absolute atomic E-state index is 0.411. The van der Waals surface area contributed by atoms with Gasteiger partial charge in [0, 0.05) is 12.1 Å². The Morgan fingerprint density at radius 1 is 1.21 bits per heavy atom. The number of thiocarbonyl (C=S) groups is 1. The fourth-order valence-corrected chi connectivity index (χ4v) is 5.05. The van der Waals surface area contributed by atoms with E-state index in [-0.39, 0.29) is 0 Å². The zero-order chi connectivity index (χ0) is 14.0. The van der Waals surface area contributed by atoms with Gasteiger partial charge in [-0.1, -0.05) is 24.4 Å². The molecule has 0 aliphatic rings. The SMILES string of the molecule is CC(C)N(C(=S)Sc1nc2ccccc2s1)C(C)C. The largest absolute Gasteiger partial charge is 0.352 e. The monoisotopic (exact) mass is 310 g/mol. The number of thioether (sulfide) groups is 1. The third-order valence-electron chi connectivity index (χ3n) is 2.77. The lowest BCUT2D eigenvalue weighted by Crippen LogP contribution is -2.39. The molecule has 0 aliphatic heterocycles. The van der Waals surface area contributed by atoms with Gasteiger partial charge >= 0.3 is 0 Å². The first kappa shape index (κ1) is 14.8. The van der Waals surface area contributed by atoms with Gasteiger partial charge in [-0.3, -0.25) is 0 Å². The lowest BCUT2D eigenvalue weighted by Gasteiger charge is -2.32. The number of aromatic nitrogens is 1. The maximum absolute atomic E-state index is 5.57. The topological polar surface area (TPSA) is 16.1 Å². The van der Waals surface area contributed by atoms with E-state index in [0.717, 1.165) is 14.2 Å². The third-order valence-corrected chi connectivity index (χ3v) is 5.22. The Morgan fingerprint density at radius 2 is 1.84 bits per heavy atom. The second-order valence-electron chi connectivity index (χ2n) is 4.91. The van der Waals surface area contributed by atoms with Gasteiger partial charge < -0.3 is 4.90 Å². The first-order valence-electron chi connectivity index (χ1n) is 6.34. The van der Waals surface area contributed by atoms with E-state index in [1.807, 2.05) is 18.2 Å². The third kappa shape index (κ3) is 3.46. The van der Waals surface area contributed by atoms with E-state index in [9.17, 15) is 0 Å². The van der Waals surface area contributed by atoms with Crippen LogP contribution in [0.25, 0.3) is 10.2 Å². The quantitative estimate of drug-likeness (QED) is 0.598. The Morgan fingerprint density at radius 3 is 2.42 bits per heavy atom. The van der Waals surface area contributed by atoms with E-state index in [2.05, 4.69) is 43.6 Å². The summed E-state index contributed by atoms with van der Waals surface area (Å²) in [5, 5.41) is 0. The fourth-order valence-electron chi connectivity index (χ4n) is 2.04. The van der Waals surface area contributed by atoms with Crippen LogP contribution in [0.1, 0.15) is 27.7 Å². The van der Waals surface area contributed by atoms with Gasteiger partial charge in [-0.25, -0.2) is 4.98 Å². The minimum atomic E-state index is 0.411. The zero-order valence-electron chi connectivity index (χ0n) is 11.6. The maximum Gasteiger partial charge on any atom is 0.158 e. The van der Waals surface area contributed by atoms with Crippen molar-refractivity contribution in [1.29, 1.82) is 0 Å². The molecule has 0 saturated carbocycles. The first-order chi connectivity index (χ1) is 8.99. The molecule has 0 saturated heterocycles. The van der Waals surface area contributed by atoms with Crippen molar-refractivity contribution >= 4 is 49.9 Å². The summed E-state index contributed by atoms with van der Waals surface area (Å²) in [5.74, 6) is 0. The summed E-state index contributed by atoms with van der Waals surface area (Å²) in [7, 11) is 0. The molecule has 0 spiro atoms. The second-order valence-corrected chi connectivity index (χ2v) is 7.82. The highest BCUT2D eigenvalue weighted by Crippen LogP contribution is 2.31. The van der Waals surface area contributed by atoms with E-state index in [4.69, 9.17) is 12.2 Å². The van der Waals surface area contributed by atoms with Gasteiger partial charge in [0.25, 0.3) is 0 Å². The van der Waals surface area contributed by atoms with Crippen molar-refractivity contribution in [2.45, 2.75) is 44.1 Å². The molecule has 1 aromatic heterocycles. The van der Waals surface area contributed by atoms with Crippen molar-refractivity contribution in [2.24, 2.45) is 0 Å². The standard InChI is InChI=1S/C14H18N2S3/c1-9(2)16(10(3)4)14(17)19-13-15-11-7-5-6-8-12(11)18-13/h5-10H,1-4H3. The van der Waals surface area contributed by atoms with E-state index in [1.54, 1.807) is 23.1 Å². The first-order valence-corrected chi connectivity index (χ1v) is 8.39. The Hall–Kier alpha value is -0.650. The van der Waals surface area contributed by atoms with Gasteiger partial charge in [0.15, 0.2) is 4.34 Å². The van der Waals surface area contributed by atoms with E-state index < -0.39 is 0 Å². The van der Waals surface area contributed by atoms with Crippen LogP contribution < -0.4 is 0 Å². The summed E-state index contributed by atoms with van der Waals surface area (Å²) in [6, 6.07) is 9.03. The number of nitrogens with zero attached hydrogens (tertiary/aromatic N) is 2. The van der Waals surface area contributed by atoms with E-state index >= 15 is 0 Å². The Kier molecular flexibility index (Phi) is 4.81. The predicted octanol–water partition coefficient (Wildman–Crippen LogP) is 4.79. The summed E-state index contributed by atoms with van der Waals surface area (Å²) in [6.07, 6.45) is 0. The molecule has 2 aromatic rings. The van der Waals surface area contributed by atoms with Crippen molar-refractivity contribution in [3.05, 3.63) is 24.3 Å². The van der Waals surface area contributed by atoms with Crippen LogP contribution >= 0.6 is 35.3 Å². The molecule has 0 bridgehead atoms. The summed E-state index contributed by atoms with van der Waals surface area (Å²) >= 11 is 8.87. The van der Waals surface area contributed by atoms with Crippen LogP contribution in [0.2, 0.25) is 0 Å². The van der Waals surface area contributed by atoms with Crippen molar-refractivity contribution < 1.29 is 0 Å². The molecule has 0 amide bonds. The number of rotatable bonds is 3. The molecular weight excluding hydrogens is 292 g/mol. The number of para-hydroxylation sites is 1. The molecule has 0 aliphatic carbocycles. The minimum Gasteiger partial charge on any atom is -0.352 e. The molecule has 0 unspecified atom stereocenters. The van der Waals surface area contributed by atoms with Gasteiger partial charge in [-0.2, -0.15) is 0 Å². The smallest absolute Gasteiger partial charge is 0.158 e. The molecule has 0 fully saturated rings. The predicted molar refractivity (Wildman–Crippen MR) is 90.2 cm³/mol. The molecule has 0 N–H and O–H groups in total. The van der Waals surface area contributed by atoms with Crippen molar-refractivity contribution in [3.8, 4) is 0 Å². The van der Waals surface area contributed by atoms with E-state index in [1.165, 1.54) is 4.70 Å². The number of hydrogen-bond donors (Lipinski definition) is 0. The Labute approximate surface area is 128 Å². The Balaban J connectivity index is 2.17. The molecule has 1 aromatic carbocycles. The molecule has 2 nitrogen and oxygen atoms in total. The van der Waals surface area contributed by atoms with Gasteiger partial charge in [-0.05, 0) is 51.6 Å². The number of thiazole rings is 1. The molecule has 0 radical (unpaired) electrons. The van der Waals surface area contributed by atoms with Crippen LogP contribution in [0.15, 0.2) is 28.6 Å². The lowest BCUT2D eigenvalue weighted by atomic mass is 10.2. The van der Waals surface area contributed by atoms with Gasteiger partial charge in [0.1, 0.15) is 4.32 Å². The molecule has 1 heterocycles. The summed E-state index contributed by atoms with van der Waals surface area (Å²) < 4.78 is 3.15. The molecule has 19 heavy (non-hydrogen) atoms. The summed E-state index contributed by atoms with van der Waals surface area (Å²) in [6.45, 7) is 8.69. The maximum atomic E-state index is 5.57. The number of fused-ring (bicyclic) bond motifs is 1.